The van der Waals surface area contributed by atoms with Gasteiger partial charge in [0.1, 0.15) is 0 Å². The van der Waals surface area contributed by atoms with Crippen LogP contribution in [0.25, 0.3) is 0 Å². The second kappa shape index (κ2) is 8.08. The lowest BCUT2D eigenvalue weighted by Gasteiger charge is -2.33. The third-order valence-corrected chi connectivity index (χ3v) is 5.07. The van der Waals surface area contributed by atoms with Crippen molar-refractivity contribution >= 4 is 17.3 Å². The minimum absolute atomic E-state index is 0.613. The van der Waals surface area contributed by atoms with Crippen LogP contribution in [0.15, 0.2) is 0 Å². The first-order chi connectivity index (χ1) is 9.29. The van der Waals surface area contributed by atoms with Gasteiger partial charge in [0.25, 0.3) is 0 Å². The van der Waals surface area contributed by atoms with E-state index in [0.717, 1.165) is 24.1 Å². The van der Waals surface area contributed by atoms with Crippen LogP contribution < -0.4 is 5.32 Å². The van der Waals surface area contributed by atoms with E-state index in [2.05, 4.69) is 17.1 Å². The average molecular weight is 281 g/mol. The Bertz CT molecular complexity index is 268. The lowest BCUT2D eigenvalue weighted by molar-refractivity contribution is 0.279. The number of nitrogens with zero attached hydrogens (tertiary/aromatic N) is 1. The summed E-state index contributed by atoms with van der Waals surface area (Å²) in [6.45, 7) is 5.98. The Morgan fingerprint density at radius 3 is 2.16 bits per heavy atom. The molecule has 0 amide bonds. The van der Waals surface area contributed by atoms with Gasteiger partial charge in [-0.15, -0.1) is 0 Å². The second-order valence-electron chi connectivity index (χ2n) is 6.23. The highest BCUT2D eigenvalue weighted by Crippen LogP contribution is 2.24. The van der Waals surface area contributed by atoms with Crippen molar-refractivity contribution in [3.8, 4) is 0 Å². The minimum Gasteiger partial charge on any atom is -0.360 e. The molecule has 2 rings (SSSR count). The molecule has 2 saturated carbocycles. The van der Waals surface area contributed by atoms with E-state index in [1.54, 1.807) is 0 Å². The van der Waals surface area contributed by atoms with Crippen LogP contribution in [0.2, 0.25) is 0 Å². The number of hydrogen-bond acceptors (Lipinski definition) is 1. The standard InChI is InChI=1S/C16H29N2S/c1-2-18(13-14-9-5-3-6-10-14)16(19)17-15-11-7-4-8-12-15/h14-15H,1-13H2,(H,17,19). The Balaban J connectivity index is 1.76. The van der Waals surface area contributed by atoms with Crippen molar-refractivity contribution < 1.29 is 0 Å². The number of nitrogens with one attached hydrogen (secondary N) is 1. The molecule has 19 heavy (non-hydrogen) atoms. The molecule has 0 spiro atoms. The summed E-state index contributed by atoms with van der Waals surface area (Å²) in [5, 5.41) is 4.53. The van der Waals surface area contributed by atoms with Crippen LogP contribution in [0.1, 0.15) is 64.2 Å². The molecule has 3 heteroatoms. The monoisotopic (exact) mass is 281 g/mol. The summed E-state index contributed by atoms with van der Waals surface area (Å²) < 4.78 is 0. The van der Waals surface area contributed by atoms with Gasteiger partial charge in [0.05, 0.1) is 0 Å². The van der Waals surface area contributed by atoms with Crippen LogP contribution in [-0.4, -0.2) is 29.1 Å². The molecule has 0 aromatic rings. The number of hydrogen-bond donors (Lipinski definition) is 1. The molecular formula is C16H29N2S. The van der Waals surface area contributed by atoms with Gasteiger partial charge in [-0.3, -0.25) is 0 Å². The topological polar surface area (TPSA) is 15.3 Å². The fourth-order valence-corrected chi connectivity index (χ4v) is 3.80. The van der Waals surface area contributed by atoms with Crippen molar-refractivity contribution in [2.45, 2.75) is 70.3 Å². The van der Waals surface area contributed by atoms with Gasteiger partial charge >= 0.3 is 0 Å². The maximum atomic E-state index is 5.60. The largest absolute Gasteiger partial charge is 0.360 e. The van der Waals surface area contributed by atoms with Gasteiger partial charge in [-0.05, 0) is 50.7 Å². The molecule has 0 aliphatic heterocycles. The molecule has 1 radical (unpaired) electrons. The normalized spacial score (nSPS) is 22.2. The Morgan fingerprint density at radius 1 is 1.00 bits per heavy atom. The molecule has 2 aliphatic carbocycles. The van der Waals surface area contributed by atoms with E-state index in [1.165, 1.54) is 64.2 Å². The van der Waals surface area contributed by atoms with Gasteiger partial charge in [0, 0.05) is 19.1 Å². The third-order valence-electron chi connectivity index (χ3n) is 4.69. The maximum Gasteiger partial charge on any atom is 0.169 e. The Kier molecular flexibility index (Phi) is 6.42. The van der Waals surface area contributed by atoms with E-state index in [9.17, 15) is 0 Å². The molecule has 0 atom stereocenters. The minimum atomic E-state index is 0.613. The summed E-state index contributed by atoms with van der Waals surface area (Å²) >= 11 is 5.60. The van der Waals surface area contributed by atoms with Crippen molar-refractivity contribution in [3.05, 3.63) is 6.92 Å². The number of thiocarbonyl (C=S) groups is 1. The third kappa shape index (κ3) is 4.94. The summed E-state index contributed by atoms with van der Waals surface area (Å²) in [7, 11) is 0. The zero-order valence-corrected chi connectivity index (χ0v) is 13.0. The van der Waals surface area contributed by atoms with Crippen LogP contribution in [0.5, 0.6) is 0 Å². The van der Waals surface area contributed by atoms with Crippen LogP contribution in [-0.2, 0) is 0 Å². The van der Waals surface area contributed by atoms with Gasteiger partial charge in [-0.1, -0.05) is 38.5 Å². The van der Waals surface area contributed by atoms with Crippen LogP contribution in [0, 0.1) is 12.8 Å². The summed E-state index contributed by atoms with van der Waals surface area (Å²) in [5.41, 5.74) is 0. The van der Waals surface area contributed by atoms with Crippen molar-refractivity contribution in [2.24, 2.45) is 5.92 Å². The van der Waals surface area contributed by atoms with E-state index in [0.29, 0.717) is 6.04 Å². The van der Waals surface area contributed by atoms with E-state index < -0.39 is 0 Å². The molecule has 0 saturated heterocycles. The molecule has 2 fully saturated rings. The highest BCUT2D eigenvalue weighted by molar-refractivity contribution is 7.80. The van der Waals surface area contributed by atoms with Gasteiger partial charge in [-0.2, -0.15) is 0 Å². The second-order valence-corrected chi connectivity index (χ2v) is 6.62. The fourth-order valence-electron chi connectivity index (χ4n) is 3.47. The van der Waals surface area contributed by atoms with Gasteiger partial charge in [0.2, 0.25) is 0 Å². The van der Waals surface area contributed by atoms with Crippen molar-refractivity contribution in [3.63, 3.8) is 0 Å². The summed E-state index contributed by atoms with van der Waals surface area (Å²) in [6, 6.07) is 0.613. The van der Waals surface area contributed by atoms with Crippen molar-refractivity contribution in [1.29, 1.82) is 0 Å². The predicted molar refractivity (Wildman–Crippen MR) is 86.1 cm³/mol. The molecule has 2 nitrogen and oxygen atoms in total. The fraction of sp³-hybridized carbons (Fsp3) is 0.875. The molecule has 0 bridgehead atoms. The highest BCUT2D eigenvalue weighted by atomic mass is 32.1. The van der Waals surface area contributed by atoms with Crippen LogP contribution in [0.3, 0.4) is 0 Å². The first-order valence-corrected chi connectivity index (χ1v) is 8.55. The zero-order valence-electron chi connectivity index (χ0n) is 12.2. The van der Waals surface area contributed by atoms with E-state index in [4.69, 9.17) is 12.2 Å². The van der Waals surface area contributed by atoms with Gasteiger partial charge in [-0.25, -0.2) is 0 Å². The Hall–Kier alpha value is -0.310. The van der Waals surface area contributed by atoms with Gasteiger partial charge in [0.15, 0.2) is 5.11 Å². The summed E-state index contributed by atoms with van der Waals surface area (Å²) in [5.74, 6) is 0.835. The summed E-state index contributed by atoms with van der Waals surface area (Å²) in [4.78, 5) is 2.29. The highest BCUT2D eigenvalue weighted by Gasteiger charge is 2.20. The molecule has 1 N–H and O–H groups in total. The van der Waals surface area contributed by atoms with Crippen molar-refractivity contribution in [1.82, 2.24) is 10.2 Å². The lowest BCUT2D eigenvalue weighted by Crippen LogP contribution is -2.47. The molecule has 0 unspecified atom stereocenters. The first-order valence-electron chi connectivity index (χ1n) is 8.14. The predicted octanol–water partition coefficient (Wildman–Crippen LogP) is 3.91. The first kappa shape index (κ1) is 15.1. The molecule has 0 aromatic carbocycles. The maximum absolute atomic E-state index is 5.60. The van der Waals surface area contributed by atoms with Crippen LogP contribution >= 0.6 is 12.2 Å². The molecular weight excluding hydrogens is 252 g/mol. The zero-order chi connectivity index (χ0) is 13.5. The van der Waals surface area contributed by atoms with Crippen molar-refractivity contribution in [2.75, 3.05) is 13.1 Å². The Labute approximate surface area is 124 Å². The lowest BCUT2D eigenvalue weighted by atomic mass is 9.89. The van der Waals surface area contributed by atoms with Gasteiger partial charge < -0.3 is 10.2 Å². The number of rotatable bonds is 4. The average Bonchev–Trinajstić information content (AvgIpc) is 2.47. The van der Waals surface area contributed by atoms with E-state index >= 15 is 0 Å². The SMILES string of the molecule is [CH2]CN(CC1CCCCC1)C(=S)NC1CCCCC1. The quantitative estimate of drug-likeness (QED) is 0.787. The smallest absolute Gasteiger partial charge is 0.169 e. The molecule has 0 aromatic heterocycles. The molecule has 2 aliphatic rings. The molecule has 109 valence electrons. The Morgan fingerprint density at radius 2 is 1.58 bits per heavy atom. The van der Waals surface area contributed by atoms with E-state index in [1.807, 2.05) is 0 Å². The summed E-state index contributed by atoms with van der Waals surface area (Å²) in [6.07, 6.45) is 13.7. The molecule has 0 heterocycles. The van der Waals surface area contributed by atoms with E-state index in [-0.39, 0.29) is 0 Å². The van der Waals surface area contributed by atoms with Crippen LogP contribution in [0.4, 0.5) is 0 Å².